The second-order valence-electron chi connectivity index (χ2n) is 7.31. The van der Waals surface area contributed by atoms with E-state index >= 15 is 0 Å². The Bertz CT molecular complexity index is 1280. The van der Waals surface area contributed by atoms with E-state index in [1.54, 1.807) is 24.3 Å². The van der Waals surface area contributed by atoms with Gasteiger partial charge in [-0.15, -0.1) is 0 Å². The second-order valence-corrected chi connectivity index (χ2v) is 7.72. The van der Waals surface area contributed by atoms with Crippen LogP contribution < -0.4 is 10.5 Å². The molecule has 2 aromatic carbocycles. The number of hydrogen-bond donors (Lipinski definition) is 3. The van der Waals surface area contributed by atoms with Gasteiger partial charge >= 0.3 is 6.18 Å². The van der Waals surface area contributed by atoms with Crippen LogP contribution in [0.2, 0.25) is 5.02 Å². The van der Waals surface area contributed by atoms with E-state index in [0.29, 0.717) is 22.1 Å². The molecule has 0 unspecified atom stereocenters. The van der Waals surface area contributed by atoms with Crippen molar-refractivity contribution in [1.29, 1.82) is 0 Å². The van der Waals surface area contributed by atoms with Crippen molar-refractivity contribution in [1.82, 2.24) is 10.1 Å². The molecule has 0 amide bonds. The van der Waals surface area contributed by atoms with Gasteiger partial charge < -0.3 is 29.6 Å². The van der Waals surface area contributed by atoms with Crippen molar-refractivity contribution in [2.45, 2.75) is 11.7 Å². The molecule has 0 aliphatic heterocycles. The van der Waals surface area contributed by atoms with Gasteiger partial charge in [-0.1, -0.05) is 16.8 Å². The highest BCUT2D eigenvalue weighted by Crippen LogP contribution is 2.33. The van der Waals surface area contributed by atoms with E-state index in [-0.39, 0.29) is 28.2 Å². The Morgan fingerprint density at radius 1 is 1.03 bits per heavy atom. The minimum Gasteiger partial charge on any atom is -0.483 e. The Balaban J connectivity index is 1.58. The van der Waals surface area contributed by atoms with E-state index in [9.17, 15) is 23.4 Å². The predicted molar refractivity (Wildman–Crippen MR) is 112 cm³/mol. The summed E-state index contributed by atoms with van der Waals surface area (Å²) in [5.41, 5.74) is 5.98. The topological polar surface area (TPSA) is 128 Å². The molecular formula is C21H17ClF3N3O5. The molecule has 8 nitrogen and oxygen atoms in total. The molecule has 2 heterocycles. The Morgan fingerprint density at radius 3 is 2.42 bits per heavy atom. The highest BCUT2D eigenvalue weighted by atomic mass is 35.5. The fraction of sp³-hybridized carbons (Fsp3) is 0.238. The SMILES string of the molecule is NC(CO)(CO)c1cc2cc(-c3noc(-c4ccc(OCC(F)(F)F)c(Cl)c4)n3)ccc2o1. The van der Waals surface area contributed by atoms with Crippen LogP contribution in [0.1, 0.15) is 5.76 Å². The number of nitrogens with zero attached hydrogens (tertiary/aromatic N) is 2. The maximum atomic E-state index is 12.3. The zero-order chi connectivity index (χ0) is 23.8. The van der Waals surface area contributed by atoms with Crippen molar-refractivity contribution in [2.75, 3.05) is 19.8 Å². The number of aromatic nitrogens is 2. The average molecular weight is 484 g/mol. The molecular weight excluding hydrogens is 467 g/mol. The summed E-state index contributed by atoms with van der Waals surface area (Å²) < 4.78 is 52.6. The average Bonchev–Trinajstić information content (AvgIpc) is 3.44. The van der Waals surface area contributed by atoms with Gasteiger partial charge in [-0.25, -0.2) is 0 Å². The summed E-state index contributed by atoms with van der Waals surface area (Å²) in [7, 11) is 0. The number of benzene rings is 2. The zero-order valence-electron chi connectivity index (χ0n) is 16.8. The number of fused-ring (bicyclic) bond motifs is 1. The lowest BCUT2D eigenvalue weighted by atomic mass is 10.00. The predicted octanol–water partition coefficient (Wildman–Crippen LogP) is 3.88. The first-order valence-electron chi connectivity index (χ1n) is 9.50. The van der Waals surface area contributed by atoms with Crippen molar-refractivity contribution in [2.24, 2.45) is 5.73 Å². The van der Waals surface area contributed by atoms with E-state index in [2.05, 4.69) is 14.9 Å². The van der Waals surface area contributed by atoms with Crippen LogP contribution in [0.25, 0.3) is 33.8 Å². The first kappa shape index (κ1) is 23.1. The van der Waals surface area contributed by atoms with Crippen LogP contribution in [0, 0.1) is 0 Å². The van der Waals surface area contributed by atoms with Gasteiger partial charge in [0.1, 0.15) is 22.6 Å². The van der Waals surface area contributed by atoms with Gasteiger partial charge in [-0.2, -0.15) is 18.2 Å². The van der Waals surface area contributed by atoms with Gasteiger partial charge in [0, 0.05) is 16.5 Å². The molecule has 0 fully saturated rings. The fourth-order valence-electron chi connectivity index (χ4n) is 3.00. The maximum absolute atomic E-state index is 12.3. The highest BCUT2D eigenvalue weighted by Gasteiger charge is 2.30. The molecule has 12 heteroatoms. The van der Waals surface area contributed by atoms with Crippen molar-refractivity contribution >= 4 is 22.6 Å². The number of nitrogens with two attached hydrogens (primary N) is 1. The lowest BCUT2D eigenvalue weighted by molar-refractivity contribution is -0.153. The number of aliphatic hydroxyl groups excluding tert-OH is 2. The molecule has 33 heavy (non-hydrogen) atoms. The van der Waals surface area contributed by atoms with E-state index in [1.807, 2.05) is 0 Å². The van der Waals surface area contributed by atoms with Gasteiger partial charge in [0.05, 0.1) is 18.2 Å². The van der Waals surface area contributed by atoms with Gasteiger partial charge in [0.15, 0.2) is 6.61 Å². The first-order chi connectivity index (χ1) is 15.6. The number of aliphatic hydroxyl groups is 2. The van der Waals surface area contributed by atoms with Crippen LogP contribution in [0.15, 0.2) is 51.4 Å². The number of rotatable bonds is 7. The minimum atomic E-state index is -4.48. The van der Waals surface area contributed by atoms with Crippen LogP contribution in [0.3, 0.4) is 0 Å². The molecule has 0 saturated carbocycles. The van der Waals surface area contributed by atoms with Crippen LogP contribution in [0.4, 0.5) is 13.2 Å². The summed E-state index contributed by atoms with van der Waals surface area (Å²) in [6.07, 6.45) is -4.48. The van der Waals surface area contributed by atoms with Crippen LogP contribution in [-0.4, -0.2) is 46.4 Å². The van der Waals surface area contributed by atoms with E-state index in [1.165, 1.54) is 18.2 Å². The summed E-state index contributed by atoms with van der Waals surface area (Å²) in [6.45, 7) is -2.48. The fourth-order valence-corrected chi connectivity index (χ4v) is 3.24. The molecule has 4 N–H and O–H groups in total. The van der Waals surface area contributed by atoms with E-state index in [0.717, 1.165) is 0 Å². The first-order valence-corrected chi connectivity index (χ1v) is 9.88. The maximum Gasteiger partial charge on any atom is 0.422 e. The third-order valence-electron chi connectivity index (χ3n) is 4.83. The summed E-state index contributed by atoms with van der Waals surface area (Å²) in [4.78, 5) is 4.31. The Hall–Kier alpha value is -3.12. The molecule has 174 valence electrons. The summed E-state index contributed by atoms with van der Waals surface area (Å²) in [5, 5.41) is 23.5. The molecule has 0 radical (unpaired) electrons. The molecule has 0 spiro atoms. The zero-order valence-corrected chi connectivity index (χ0v) is 17.5. The Kier molecular flexibility index (Phi) is 6.06. The molecule has 2 aromatic heterocycles. The van der Waals surface area contributed by atoms with Gasteiger partial charge in [0.25, 0.3) is 5.89 Å². The van der Waals surface area contributed by atoms with Crippen molar-refractivity contribution < 1.29 is 37.1 Å². The molecule has 4 aromatic rings. The summed E-state index contributed by atoms with van der Waals surface area (Å²) >= 11 is 6.02. The number of halogens is 4. The lowest BCUT2D eigenvalue weighted by Gasteiger charge is -2.21. The summed E-state index contributed by atoms with van der Waals surface area (Å²) in [6, 6.07) is 10.8. The van der Waals surface area contributed by atoms with Crippen molar-refractivity contribution in [3.05, 3.63) is 53.2 Å². The highest BCUT2D eigenvalue weighted by molar-refractivity contribution is 6.32. The lowest BCUT2D eigenvalue weighted by Crippen LogP contribution is -2.43. The quantitative estimate of drug-likeness (QED) is 0.361. The molecule has 0 aliphatic rings. The standard InChI is InChI=1S/C21H17ClF3N3O5/c22-14-6-12(2-4-16(14)31-10-21(23,24)25)19-27-18(28-33-19)11-1-3-15-13(5-11)7-17(32-15)20(26,8-29)9-30/h1-7,29-30H,8-10,26H2. The molecule has 0 bridgehead atoms. The third kappa shape index (κ3) is 4.81. The third-order valence-corrected chi connectivity index (χ3v) is 5.12. The molecule has 0 atom stereocenters. The van der Waals surface area contributed by atoms with Gasteiger partial charge in [-0.05, 0) is 42.5 Å². The molecule has 0 saturated heterocycles. The van der Waals surface area contributed by atoms with Gasteiger partial charge in [0.2, 0.25) is 5.82 Å². The van der Waals surface area contributed by atoms with E-state index < -0.39 is 31.5 Å². The van der Waals surface area contributed by atoms with Crippen LogP contribution in [-0.2, 0) is 5.54 Å². The number of hydrogen-bond acceptors (Lipinski definition) is 8. The smallest absolute Gasteiger partial charge is 0.422 e. The van der Waals surface area contributed by atoms with E-state index in [4.69, 9.17) is 26.3 Å². The van der Waals surface area contributed by atoms with Crippen LogP contribution >= 0.6 is 11.6 Å². The number of furan rings is 1. The van der Waals surface area contributed by atoms with Crippen molar-refractivity contribution in [3.63, 3.8) is 0 Å². The largest absolute Gasteiger partial charge is 0.483 e. The number of alkyl halides is 3. The summed E-state index contributed by atoms with van der Waals surface area (Å²) in [5.74, 6) is 0.437. The minimum absolute atomic E-state index is 0.0399. The Labute approximate surface area is 189 Å². The number of ether oxygens (including phenoxy) is 1. The van der Waals surface area contributed by atoms with Gasteiger partial charge in [-0.3, -0.25) is 0 Å². The molecule has 4 rings (SSSR count). The van der Waals surface area contributed by atoms with Crippen molar-refractivity contribution in [3.8, 4) is 28.6 Å². The normalized spacial score (nSPS) is 12.5. The molecule has 0 aliphatic carbocycles. The Morgan fingerprint density at radius 2 is 1.76 bits per heavy atom. The van der Waals surface area contributed by atoms with Crippen LogP contribution in [0.5, 0.6) is 5.75 Å². The monoisotopic (exact) mass is 483 g/mol. The second kappa shape index (κ2) is 8.67.